The largest absolute Gasteiger partial charge is 0.270 e. The van der Waals surface area contributed by atoms with Crippen molar-refractivity contribution in [3.8, 4) is 33.8 Å². The van der Waals surface area contributed by atoms with Gasteiger partial charge in [-0.3, -0.25) is 4.79 Å². The highest BCUT2D eigenvalue weighted by Gasteiger charge is 2.19. The van der Waals surface area contributed by atoms with Gasteiger partial charge in [0.2, 0.25) is 5.78 Å². The summed E-state index contributed by atoms with van der Waals surface area (Å²) in [5.41, 5.74) is 5.33. The molecule has 3 heterocycles. The van der Waals surface area contributed by atoms with E-state index in [-0.39, 0.29) is 5.56 Å². The normalized spacial score (nSPS) is 11.4. The molecule has 0 unspecified atom stereocenters. The van der Waals surface area contributed by atoms with Crippen LogP contribution in [0.1, 0.15) is 5.56 Å². The number of aryl methyl sites for hydroxylation is 1. The molecule has 0 amide bonds. The van der Waals surface area contributed by atoms with Gasteiger partial charge in [0, 0.05) is 21.7 Å². The summed E-state index contributed by atoms with van der Waals surface area (Å²) in [6, 6.07) is 27.0. The molecule has 1 N–H and O–H groups in total. The van der Waals surface area contributed by atoms with E-state index in [0.717, 1.165) is 33.5 Å². The number of H-pyrrole nitrogens is 1. The quantitative estimate of drug-likeness (QED) is 0.353. The lowest BCUT2D eigenvalue weighted by atomic mass is 10.0. The van der Waals surface area contributed by atoms with Gasteiger partial charge in [-0.05, 0) is 30.7 Å². The van der Waals surface area contributed by atoms with Gasteiger partial charge in [-0.1, -0.05) is 83.9 Å². The SMILES string of the molecule is Cc1ccc(-c2n[nH]c3nc4nc(-c5ccccc5)cc(-c5ccc(Cl)cc5)c4c(=O)n23)cc1. The predicted octanol–water partition coefficient (Wildman–Crippen LogP) is 5.93. The molecule has 0 aliphatic heterocycles. The van der Waals surface area contributed by atoms with E-state index < -0.39 is 0 Å². The Kier molecular flexibility index (Phi) is 4.74. The lowest BCUT2D eigenvalue weighted by Crippen LogP contribution is -2.17. The molecule has 0 aliphatic carbocycles. The second-order valence-corrected chi connectivity index (χ2v) is 8.55. The fourth-order valence-electron chi connectivity index (χ4n) is 4.12. The van der Waals surface area contributed by atoms with Gasteiger partial charge in [0.25, 0.3) is 5.56 Å². The van der Waals surface area contributed by atoms with Gasteiger partial charge in [0.15, 0.2) is 11.5 Å². The lowest BCUT2D eigenvalue weighted by molar-refractivity contribution is 1.08. The molecule has 0 spiro atoms. The van der Waals surface area contributed by atoms with Crippen LogP contribution in [0.5, 0.6) is 0 Å². The van der Waals surface area contributed by atoms with Crippen LogP contribution < -0.4 is 5.56 Å². The summed E-state index contributed by atoms with van der Waals surface area (Å²) < 4.78 is 1.51. The minimum absolute atomic E-state index is 0.235. The second-order valence-electron chi connectivity index (χ2n) is 8.12. The minimum Gasteiger partial charge on any atom is -0.268 e. The summed E-state index contributed by atoms with van der Waals surface area (Å²) in [4.78, 5) is 23.4. The molecule has 3 aromatic carbocycles. The van der Waals surface area contributed by atoms with Crippen LogP contribution in [-0.2, 0) is 0 Å². The average molecular weight is 464 g/mol. The number of aromatic amines is 1. The topological polar surface area (TPSA) is 75.9 Å². The molecule has 6 rings (SSSR count). The molecule has 6 nitrogen and oxygen atoms in total. The van der Waals surface area contributed by atoms with Crippen LogP contribution in [0.25, 0.3) is 50.6 Å². The summed E-state index contributed by atoms with van der Waals surface area (Å²) in [6.07, 6.45) is 0. The fourth-order valence-corrected chi connectivity index (χ4v) is 4.24. The zero-order chi connectivity index (χ0) is 23.2. The predicted molar refractivity (Wildman–Crippen MR) is 135 cm³/mol. The van der Waals surface area contributed by atoms with E-state index in [2.05, 4.69) is 10.2 Å². The molecular weight excluding hydrogens is 446 g/mol. The maximum absolute atomic E-state index is 13.9. The Morgan fingerprint density at radius 3 is 2.26 bits per heavy atom. The summed E-state index contributed by atoms with van der Waals surface area (Å²) in [5, 5.41) is 8.36. The summed E-state index contributed by atoms with van der Waals surface area (Å²) in [5.74, 6) is 0.844. The summed E-state index contributed by atoms with van der Waals surface area (Å²) >= 11 is 6.14. The fraction of sp³-hybridized carbons (Fsp3) is 0.0370. The number of aromatic nitrogens is 5. The van der Waals surface area contributed by atoms with E-state index in [1.807, 2.05) is 91.9 Å². The monoisotopic (exact) mass is 463 g/mol. The first-order chi connectivity index (χ1) is 16.6. The maximum atomic E-state index is 13.9. The van der Waals surface area contributed by atoms with Crippen molar-refractivity contribution in [2.24, 2.45) is 0 Å². The van der Waals surface area contributed by atoms with Crippen molar-refractivity contribution < 1.29 is 0 Å². The van der Waals surface area contributed by atoms with Crippen molar-refractivity contribution in [1.82, 2.24) is 24.6 Å². The van der Waals surface area contributed by atoms with E-state index in [1.54, 1.807) is 0 Å². The van der Waals surface area contributed by atoms with E-state index in [0.29, 0.717) is 27.7 Å². The molecule has 0 aliphatic rings. The van der Waals surface area contributed by atoms with E-state index in [4.69, 9.17) is 21.6 Å². The van der Waals surface area contributed by atoms with E-state index >= 15 is 0 Å². The number of nitrogens with one attached hydrogen (secondary N) is 1. The van der Waals surface area contributed by atoms with Gasteiger partial charge in [-0.25, -0.2) is 14.5 Å². The first-order valence-electron chi connectivity index (χ1n) is 10.8. The standard InChI is InChI=1S/C27H18ClN5O/c1-16-7-9-19(10-8-16)25-31-32-27-30-24-23(26(34)33(25)27)21(17-11-13-20(28)14-12-17)15-22(29-24)18-5-3-2-4-6-18/h2-15H,1H3,(H,29,30,32). The molecule has 0 saturated carbocycles. The zero-order valence-corrected chi connectivity index (χ0v) is 18.9. The number of pyridine rings is 1. The van der Waals surface area contributed by atoms with Gasteiger partial charge in [-0.2, -0.15) is 10.1 Å². The average Bonchev–Trinajstić information content (AvgIpc) is 3.29. The van der Waals surface area contributed by atoms with Gasteiger partial charge >= 0.3 is 0 Å². The van der Waals surface area contributed by atoms with Crippen LogP contribution in [0.3, 0.4) is 0 Å². The molecule has 0 atom stereocenters. The van der Waals surface area contributed by atoms with Crippen molar-refractivity contribution in [1.29, 1.82) is 0 Å². The molecule has 7 heteroatoms. The Morgan fingerprint density at radius 2 is 1.53 bits per heavy atom. The van der Waals surface area contributed by atoms with Crippen molar-refractivity contribution in [2.45, 2.75) is 6.92 Å². The zero-order valence-electron chi connectivity index (χ0n) is 18.2. The van der Waals surface area contributed by atoms with Crippen molar-refractivity contribution in [3.05, 3.63) is 106 Å². The van der Waals surface area contributed by atoms with Crippen LogP contribution in [0.4, 0.5) is 0 Å². The Labute approximate surface area is 199 Å². The molecule has 0 bridgehead atoms. The molecule has 3 aromatic heterocycles. The number of benzene rings is 3. The van der Waals surface area contributed by atoms with Crippen molar-refractivity contribution in [2.75, 3.05) is 0 Å². The Hall–Kier alpha value is -4.29. The van der Waals surface area contributed by atoms with Crippen LogP contribution in [0.15, 0.2) is 89.7 Å². The van der Waals surface area contributed by atoms with Gasteiger partial charge < -0.3 is 0 Å². The highest BCUT2D eigenvalue weighted by Crippen LogP contribution is 2.31. The third-order valence-corrected chi connectivity index (χ3v) is 6.10. The first kappa shape index (κ1) is 20.3. The number of hydrogen-bond donors (Lipinski definition) is 1. The molecular formula is C27H18ClN5O. The van der Waals surface area contributed by atoms with E-state index in [1.165, 1.54) is 4.40 Å². The van der Waals surface area contributed by atoms with Gasteiger partial charge in [0.1, 0.15) is 0 Å². The number of rotatable bonds is 3. The first-order valence-corrected chi connectivity index (χ1v) is 11.2. The third kappa shape index (κ3) is 3.36. The highest BCUT2D eigenvalue weighted by molar-refractivity contribution is 6.30. The van der Waals surface area contributed by atoms with Crippen LogP contribution in [0, 0.1) is 6.92 Å². The molecule has 164 valence electrons. The minimum atomic E-state index is -0.235. The lowest BCUT2D eigenvalue weighted by Gasteiger charge is -2.10. The summed E-state index contributed by atoms with van der Waals surface area (Å²) in [7, 11) is 0. The molecule has 6 aromatic rings. The van der Waals surface area contributed by atoms with Crippen LogP contribution in [-0.4, -0.2) is 24.6 Å². The Bertz CT molecular complexity index is 1720. The smallest absolute Gasteiger partial charge is 0.268 e. The van der Waals surface area contributed by atoms with Gasteiger partial charge in [-0.15, -0.1) is 0 Å². The molecule has 0 saturated heterocycles. The highest BCUT2D eigenvalue weighted by atomic mass is 35.5. The molecule has 0 fully saturated rings. The number of hydrogen-bond acceptors (Lipinski definition) is 4. The van der Waals surface area contributed by atoms with Crippen LogP contribution in [0.2, 0.25) is 5.02 Å². The van der Waals surface area contributed by atoms with Crippen molar-refractivity contribution >= 4 is 28.4 Å². The molecule has 0 radical (unpaired) electrons. The second kappa shape index (κ2) is 7.93. The summed E-state index contributed by atoms with van der Waals surface area (Å²) in [6.45, 7) is 2.02. The molecule has 34 heavy (non-hydrogen) atoms. The number of nitrogens with zero attached hydrogens (tertiary/aromatic N) is 4. The Balaban J connectivity index is 1.70. The Morgan fingerprint density at radius 1 is 0.824 bits per heavy atom. The number of halogens is 1. The maximum Gasteiger partial charge on any atom is 0.270 e. The van der Waals surface area contributed by atoms with Gasteiger partial charge in [0.05, 0.1) is 11.1 Å². The third-order valence-electron chi connectivity index (χ3n) is 5.85. The number of fused-ring (bicyclic) bond motifs is 2. The van der Waals surface area contributed by atoms with Crippen LogP contribution >= 0.6 is 11.6 Å². The van der Waals surface area contributed by atoms with Crippen molar-refractivity contribution in [3.63, 3.8) is 0 Å². The van der Waals surface area contributed by atoms with E-state index in [9.17, 15) is 4.79 Å².